The molecule has 0 spiro atoms. The second kappa shape index (κ2) is 7.38. The Hall–Kier alpha value is -2.82. The lowest BCUT2D eigenvalue weighted by Crippen LogP contribution is -2.21. The van der Waals surface area contributed by atoms with Gasteiger partial charge in [0.15, 0.2) is 0 Å². The van der Waals surface area contributed by atoms with E-state index in [1.807, 2.05) is 37.3 Å². The van der Waals surface area contributed by atoms with Crippen molar-refractivity contribution in [2.45, 2.75) is 19.3 Å². The molecule has 1 aliphatic carbocycles. The average molecular weight is 338 g/mol. The van der Waals surface area contributed by atoms with E-state index in [1.54, 1.807) is 20.3 Å². The molecule has 130 valence electrons. The smallest absolute Gasteiger partial charge is 0.243 e. The first-order valence-electron chi connectivity index (χ1n) is 8.25. The van der Waals surface area contributed by atoms with E-state index in [4.69, 9.17) is 9.47 Å². The fourth-order valence-electron chi connectivity index (χ4n) is 2.93. The predicted octanol–water partition coefficient (Wildman–Crippen LogP) is 3.35. The van der Waals surface area contributed by atoms with E-state index in [0.717, 1.165) is 12.0 Å². The number of nitrogens with zero attached hydrogens (tertiary/aromatic N) is 1. The van der Waals surface area contributed by atoms with Crippen LogP contribution in [0.1, 0.15) is 30.4 Å². The van der Waals surface area contributed by atoms with E-state index >= 15 is 0 Å². The number of hydrogen-bond acceptors (Lipinski definition) is 4. The van der Waals surface area contributed by atoms with Gasteiger partial charge >= 0.3 is 0 Å². The van der Waals surface area contributed by atoms with E-state index < -0.39 is 0 Å². The van der Waals surface area contributed by atoms with Gasteiger partial charge in [0.1, 0.15) is 11.5 Å². The summed E-state index contributed by atoms with van der Waals surface area (Å²) in [5.74, 6) is 1.62. The Balaban J connectivity index is 1.65. The molecule has 0 aliphatic heterocycles. The van der Waals surface area contributed by atoms with Crippen LogP contribution in [0.25, 0.3) is 0 Å². The predicted molar refractivity (Wildman–Crippen MR) is 97.2 cm³/mol. The second-order valence-corrected chi connectivity index (χ2v) is 6.10. The van der Waals surface area contributed by atoms with Gasteiger partial charge in [-0.05, 0) is 37.0 Å². The molecule has 0 saturated heterocycles. The summed E-state index contributed by atoms with van der Waals surface area (Å²) in [5, 5.41) is 4.24. The number of methoxy groups -OCH3 is 2. The molecular weight excluding hydrogens is 316 g/mol. The van der Waals surface area contributed by atoms with E-state index in [2.05, 4.69) is 22.7 Å². The normalized spacial score (nSPS) is 19.2. The largest absolute Gasteiger partial charge is 0.497 e. The summed E-state index contributed by atoms with van der Waals surface area (Å²) in [4.78, 5) is 12.3. The number of nitrogens with one attached hydrogen (secondary N) is 1. The van der Waals surface area contributed by atoms with Crippen molar-refractivity contribution in [1.29, 1.82) is 0 Å². The van der Waals surface area contributed by atoms with Crippen LogP contribution < -0.4 is 14.9 Å². The van der Waals surface area contributed by atoms with Crippen molar-refractivity contribution < 1.29 is 14.3 Å². The van der Waals surface area contributed by atoms with Gasteiger partial charge in [0.25, 0.3) is 0 Å². The number of ether oxygens (including phenoxy) is 2. The van der Waals surface area contributed by atoms with E-state index in [1.165, 1.54) is 5.56 Å². The Labute approximate surface area is 147 Å². The first-order valence-corrected chi connectivity index (χ1v) is 8.25. The van der Waals surface area contributed by atoms with Crippen molar-refractivity contribution in [3.8, 4) is 11.5 Å². The van der Waals surface area contributed by atoms with Crippen LogP contribution in [0.15, 0.2) is 53.6 Å². The molecule has 2 unspecified atom stereocenters. The fourth-order valence-corrected chi connectivity index (χ4v) is 2.93. The third-order valence-corrected chi connectivity index (χ3v) is 4.49. The molecule has 0 bridgehead atoms. The zero-order chi connectivity index (χ0) is 17.8. The summed E-state index contributed by atoms with van der Waals surface area (Å²) >= 11 is 0. The van der Waals surface area contributed by atoms with Crippen LogP contribution in [0.4, 0.5) is 0 Å². The standard InChI is InChI=1S/C20H22N2O3/c1-13(16-10-9-15(24-2)11-19(16)25-3)21-22-20(23)18-12-17(18)14-7-5-4-6-8-14/h4-11,17-18H,12H2,1-3H3,(H,22,23). The minimum absolute atomic E-state index is 0.00304. The number of amides is 1. The van der Waals surface area contributed by atoms with Crippen LogP contribution in [0.5, 0.6) is 11.5 Å². The molecule has 0 heterocycles. The molecule has 5 heteroatoms. The Bertz CT molecular complexity index is 787. The molecule has 1 saturated carbocycles. The molecule has 2 aromatic rings. The molecule has 3 rings (SSSR count). The van der Waals surface area contributed by atoms with Gasteiger partial charge in [-0.25, -0.2) is 5.43 Å². The van der Waals surface area contributed by atoms with Gasteiger partial charge in [0.05, 0.1) is 19.9 Å². The Morgan fingerprint density at radius 1 is 1.12 bits per heavy atom. The van der Waals surface area contributed by atoms with Gasteiger partial charge in [-0.15, -0.1) is 0 Å². The molecule has 0 radical (unpaired) electrons. The maximum absolute atomic E-state index is 12.3. The third-order valence-electron chi connectivity index (χ3n) is 4.49. The molecular formula is C20H22N2O3. The Morgan fingerprint density at radius 3 is 2.56 bits per heavy atom. The van der Waals surface area contributed by atoms with Crippen molar-refractivity contribution in [3.05, 3.63) is 59.7 Å². The summed E-state index contributed by atoms with van der Waals surface area (Å²) in [6, 6.07) is 15.6. The Morgan fingerprint density at radius 2 is 1.88 bits per heavy atom. The minimum Gasteiger partial charge on any atom is -0.497 e. The van der Waals surface area contributed by atoms with Gasteiger partial charge in [0, 0.05) is 17.5 Å². The van der Waals surface area contributed by atoms with Gasteiger partial charge in [0.2, 0.25) is 5.91 Å². The molecule has 0 aromatic heterocycles. The highest BCUT2D eigenvalue weighted by molar-refractivity contribution is 6.02. The van der Waals surface area contributed by atoms with Crippen LogP contribution in [0, 0.1) is 5.92 Å². The van der Waals surface area contributed by atoms with Crippen LogP contribution in [-0.4, -0.2) is 25.8 Å². The molecule has 1 amide bonds. The highest BCUT2D eigenvalue weighted by atomic mass is 16.5. The van der Waals surface area contributed by atoms with Crippen molar-refractivity contribution >= 4 is 11.6 Å². The summed E-state index contributed by atoms with van der Waals surface area (Å²) in [6.45, 7) is 1.84. The number of hydrogen-bond donors (Lipinski definition) is 1. The molecule has 1 fully saturated rings. The SMILES string of the molecule is COc1ccc(C(C)=NNC(=O)C2CC2c2ccccc2)c(OC)c1. The maximum atomic E-state index is 12.3. The third kappa shape index (κ3) is 3.82. The highest BCUT2D eigenvalue weighted by Gasteiger charge is 2.43. The summed E-state index contributed by atoms with van der Waals surface area (Å²) in [7, 11) is 3.20. The van der Waals surface area contributed by atoms with Gasteiger partial charge in [-0.3, -0.25) is 4.79 Å². The lowest BCUT2D eigenvalue weighted by atomic mass is 10.1. The van der Waals surface area contributed by atoms with Crippen molar-refractivity contribution in [1.82, 2.24) is 5.43 Å². The zero-order valence-corrected chi connectivity index (χ0v) is 14.7. The number of rotatable bonds is 6. The van der Waals surface area contributed by atoms with Crippen LogP contribution in [0.2, 0.25) is 0 Å². The molecule has 25 heavy (non-hydrogen) atoms. The van der Waals surface area contributed by atoms with Crippen LogP contribution >= 0.6 is 0 Å². The minimum atomic E-state index is -0.0410. The van der Waals surface area contributed by atoms with Crippen molar-refractivity contribution in [2.24, 2.45) is 11.0 Å². The number of carbonyl (C=O) groups excluding carboxylic acids is 1. The first-order chi connectivity index (χ1) is 12.1. The van der Waals surface area contributed by atoms with E-state index in [9.17, 15) is 4.79 Å². The number of carbonyl (C=O) groups is 1. The number of hydrazone groups is 1. The highest BCUT2D eigenvalue weighted by Crippen LogP contribution is 2.47. The molecule has 5 nitrogen and oxygen atoms in total. The monoisotopic (exact) mass is 338 g/mol. The molecule has 2 atom stereocenters. The van der Waals surface area contributed by atoms with Gasteiger partial charge in [-0.1, -0.05) is 30.3 Å². The quantitative estimate of drug-likeness (QED) is 0.649. The average Bonchev–Trinajstić information content (AvgIpc) is 3.47. The lowest BCUT2D eigenvalue weighted by molar-refractivity contribution is -0.122. The van der Waals surface area contributed by atoms with Gasteiger partial charge < -0.3 is 9.47 Å². The molecule has 1 N–H and O–H groups in total. The zero-order valence-electron chi connectivity index (χ0n) is 14.7. The number of benzene rings is 2. The van der Waals surface area contributed by atoms with Gasteiger partial charge in [-0.2, -0.15) is 5.10 Å². The fraction of sp³-hybridized carbons (Fsp3) is 0.300. The maximum Gasteiger partial charge on any atom is 0.243 e. The second-order valence-electron chi connectivity index (χ2n) is 6.10. The van der Waals surface area contributed by atoms with Crippen LogP contribution in [-0.2, 0) is 4.79 Å². The Kier molecular flexibility index (Phi) is 5.03. The molecule has 1 aliphatic rings. The van der Waals surface area contributed by atoms with Crippen molar-refractivity contribution in [2.75, 3.05) is 14.2 Å². The molecule has 2 aromatic carbocycles. The first kappa shape index (κ1) is 17.0. The summed E-state index contributed by atoms with van der Waals surface area (Å²) in [5.41, 5.74) is 5.40. The van der Waals surface area contributed by atoms with E-state index in [-0.39, 0.29) is 11.8 Å². The topological polar surface area (TPSA) is 59.9 Å². The lowest BCUT2D eigenvalue weighted by Gasteiger charge is -2.10. The van der Waals surface area contributed by atoms with E-state index in [0.29, 0.717) is 23.1 Å². The summed E-state index contributed by atoms with van der Waals surface area (Å²) in [6.07, 6.45) is 0.871. The van der Waals surface area contributed by atoms with Crippen LogP contribution in [0.3, 0.4) is 0 Å². The summed E-state index contributed by atoms with van der Waals surface area (Å²) < 4.78 is 10.6. The van der Waals surface area contributed by atoms with Crippen molar-refractivity contribution in [3.63, 3.8) is 0 Å².